The van der Waals surface area contributed by atoms with Crippen molar-refractivity contribution in [2.24, 2.45) is 0 Å². The molecule has 1 amide bonds. The number of amides is 1. The first-order chi connectivity index (χ1) is 12.0. The lowest BCUT2D eigenvalue weighted by molar-refractivity contribution is -0.133. The van der Waals surface area contributed by atoms with Gasteiger partial charge in [-0.15, -0.1) is 11.3 Å². The summed E-state index contributed by atoms with van der Waals surface area (Å²) < 4.78 is 28.6. The van der Waals surface area contributed by atoms with Gasteiger partial charge in [0, 0.05) is 36.0 Å². The van der Waals surface area contributed by atoms with Crippen LogP contribution in [0.5, 0.6) is 0 Å². The number of hydrogen-bond acceptors (Lipinski definition) is 7. The van der Waals surface area contributed by atoms with Crippen molar-refractivity contribution in [2.45, 2.75) is 18.9 Å². The van der Waals surface area contributed by atoms with Crippen LogP contribution in [0.3, 0.4) is 0 Å². The topological polar surface area (TPSA) is 76.6 Å². The van der Waals surface area contributed by atoms with Gasteiger partial charge >= 0.3 is 0 Å². The van der Waals surface area contributed by atoms with Gasteiger partial charge in [-0.3, -0.25) is 4.79 Å². The molecule has 136 valence electrons. The number of thiophene rings is 1. The lowest BCUT2D eigenvalue weighted by atomic mass is 10.2. The normalized spacial score (nSPS) is 19.2. The van der Waals surface area contributed by atoms with Gasteiger partial charge in [-0.25, -0.2) is 13.4 Å². The van der Waals surface area contributed by atoms with Gasteiger partial charge in [-0.1, -0.05) is 0 Å². The van der Waals surface area contributed by atoms with E-state index in [0.717, 1.165) is 16.3 Å². The Balaban J connectivity index is 1.70. The van der Waals surface area contributed by atoms with Crippen molar-refractivity contribution in [3.8, 4) is 10.6 Å². The van der Waals surface area contributed by atoms with Crippen LogP contribution < -0.4 is 0 Å². The minimum absolute atomic E-state index is 0.0413. The third-order valence-electron chi connectivity index (χ3n) is 4.16. The maximum absolute atomic E-state index is 12.8. The number of rotatable bonds is 7. The van der Waals surface area contributed by atoms with Crippen LogP contribution in [0.15, 0.2) is 22.2 Å². The van der Waals surface area contributed by atoms with E-state index in [1.165, 1.54) is 11.3 Å². The summed E-state index contributed by atoms with van der Waals surface area (Å²) in [4.78, 5) is 18.9. The average molecular weight is 401 g/mol. The summed E-state index contributed by atoms with van der Waals surface area (Å²) in [5, 5.41) is 6.81. The summed E-state index contributed by atoms with van der Waals surface area (Å²) in [5.74, 6) is 0.0916. The fraction of sp³-hybridized carbons (Fsp3) is 0.500. The molecule has 1 aliphatic rings. The summed E-state index contributed by atoms with van der Waals surface area (Å²) >= 11 is 3.12. The quantitative estimate of drug-likeness (QED) is 0.711. The maximum Gasteiger partial charge on any atom is 0.228 e. The monoisotopic (exact) mass is 400 g/mol. The van der Waals surface area contributed by atoms with E-state index in [0.29, 0.717) is 19.6 Å². The molecule has 0 spiro atoms. The van der Waals surface area contributed by atoms with E-state index in [1.807, 2.05) is 22.2 Å². The summed E-state index contributed by atoms with van der Waals surface area (Å²) in [7, 11) is -1.47. The summed E-state index contributed by atoms with van der Waals surface area (Å²) in [6, 6.07) is 1.74. The number of aromatic nitrogens is 1. The van der Waals surface area contributed by atoms with Crippen LogP contribution >= 0.6 is 22.7 Å². The van der Waals surface area contributed by atoms with E-state index in [-0.39, 0.29) is 29.9 Å². The number of thiazole rings is 1. The molecule has 1 aliphatic heterocycles. The zero-order valence-electron chi connectivity index (χ0n) is 13.9. The Hall–Kier alpha value is -1.29. The second kappa shape index (κ2) is 7.94. The molecule has 1 unspecified atom stereocenters. The number of ether oxygens (including phenoxy) is 1. The van der Waals surface area contributed by atoms with Crippen LogP contribution in [-0.4, -0.2) is 62.0 Å². The van der Waals surface area contributed by atoms with E-state index < -0.39 is 9.84 Å². The van der Waals surface area contributed by atoms with Crippen LogP contribution in [0.2, 0.25) is 0 Å². The van der Waals surface area contributed by atoms with Gasteiger partial charge in [-0.2, -0.15) is 11.3 Å². The fourth-order valence-corrected chi connectivity index (χ4v) is 6.15. The van der Waals surface area contributed by atoms with E-state index >= 15 is 0 Å². The van der Waals surface area contributed by atoms with E-state index in [9.17, 15) is 13.2 Å². The Morgan fingerprint density at radius 2 is 2.28 bits per heavy atom. The smallest absolute Gasteiger partial charge is 0.228 e. The van der Waals surface area contributed by atoms with E-state index in [4.69, 9.17) is 4.74 Å². The molecule has 1 fully saturated rings. The molecule has 0 aromatic carbocycles. The maximum atomic E-state index is 12.8. The van der Waals surface area contributed by atoms with Crippen molar-refractivity contribution in [1.82, 2.24) is 9.88 Å². The fourth-order valence-electron chi connectivity index (χ4n) is 2.89. The Morgan fingerprint density at radius 3 is 2.92 bits per heavy atom. The van der Waals surface area contributed by atoms with Gasteiger partial charge in [0.05, 0.1) is 30.2 Å². The van der Waals surface area contributed by atoms with Crippen LogP contribution in [0.1, 0.15) is 12.1 Å². The highest BCUT2D eigenvalue weighted by Gasteiger charge is 2.34. The predicted octanol–water partition coefficient (Wildman–Crippen LogP) is 2.08. The molecule has 2 aromatic heterocycles. The highest BCUT2D eigenvalue weighted by atomic mass is 32.2. The molecular formula is C16H20N2O4S3. The first kappa shape index (κ1) is 18.5. The van der Waals surface area contributed by atoms with Crippen LogP contribution in [0.4, 0.5) is 0 Å². The van der Waals surface area contributed by atoms with Gasteiger partial charge < -0.3 is 9.64 Å². The summed E-state index contributed by atoms with van der Waals surface area (Å²) in [6.45, 7) is 0.788. The van der Waals surface area contributed by atoms with Crippen molar-refractivity contribution in [2.75, 3.05) is 31.8 Å². The number of hydrogen-bond donors (Lipinski definition) is 0. The molecule has 0 aliphatic carbocycles. The third kappa shape index (κ3) is 4.66. The predicted molar refractivity (Wildman–Crippen MR) is 99.8 cm³/mol. The van der Waals surface area contributed by atoms with Crippen molar-refractivity contribution in [3.05, 3.63) is 27.9 Å². The second-order valence-corrected chi connectivity index (χ2v) is 9.84. The number of methoxy groups -OCH3 is 1. The standard InChI is InChI=1S/C16H20N2O4S3/c1-22-5-4-18(14-3-7-25(20,21)11-14)15(19)8-13-10-24-16(17-13)12-2-6-23-9-12/h2,6,9-10,14H,3-5,7-8,11H2,1H3. The van der Waals surface area contributed by atoms with Gasteiger partial charge in [0.1, 0.15) is 5.01 Å². The van der Waals surface area contributed by atoms with Crippen molar-refractivity contribution in [3.63, 3.8) is 0 Å². The molecule has 2 aromatic rings. The largest absolute Gasteiger partial charge is 0.383 e. The van der Waals surface area contributed by atoms with Gasteiger partial charge in [-0.05, 0) is 17.9 Å². The Bertz CT molecular complexity index is 814. The van der Waals surface area contributed by atoms with Crippen molar-refractivity contribution < 1.29 is 17.9 Å². The molecule has 0 saturated carbocycles. The molecule has 1 atom stereocenters. The van der Waals surface area contributed by atoms with Crippen LogP contribution in [0, 0.1) is 0 Å². The van der Waals surface area contributed by atoms with Crippen molar-refractivity contribution >= 4 is 38.4 Å². The zero-order valence-corrected chi connectivity index (χ0v) is 16.3. The van der Waals surface area contributed by atoms with Gasteiger partial charge in [0.2, 0.25) is 5.91 Å². The van der Waals surface area contributed by atoms with E-state index in [2.05, 4.69) is 4.98 Å². The highest BCUT2D eigenvalue weighted by Crippen LogP contribution is 2.26. The Kier molecular flexibility index (Phi) is 5.88. The zero-order chi connectivity index (χ0) is 17.9. The van der Waals surface area contributed by atoms with Gasteiger partial charge in [0.25, 0.3) is 0 Å². The lowest BCUT2D eigenvalue weighted by Crippen LogP contribution is -2.43. The molecule has 25 heavy (non-hydrogen) atoms. The van der Waals surface area contributed by atoms with Crippen molar-refractivity contribution in [1.29, 1.82) is 0 Å². The average Bonchev–Trinajstić information content (AvgIpc) is 3.28. The third-order valence-corrected chi connectivity index (χ3v) is 7.53. The SMILES string of the molecule is COCCN(C(=O)Cc1csc(-c2ccsc2)n1)C1CCS(=O)(=O)C1. The second-order valence-electron chi connectivity index (χ2n) is 5.97. The van der Waals surface area contributed by atoms with Gasteiger partial charge in [0.15, 0.2) is 9.84 Å². The summed E-state index contributed by atoms with van der Waals surface area (Å²) in [5.41, 5.74) is 1.78. The molecule has 6 nitrogen and oxygen atoms in total. The molecule has 0 N–H and O–H groups in total. The number of sulfone groups is 1. The minimum Gasteiger partial charge on any atom is -0.383 e. The molecular weight excluding hydrogens is 380 g/mol. The van der Waals surface area contributed by atoms with Crippen LogP contribution in [0.25, 0.3) is 10.6 Å². The first-order valence-corrected chi connectivity index (χ1v) is 11.6. The van der Waals surface area contributed by atoms with E-state index in [1.54, 1.807) is 23.3 Å². The number of nitrogens with zero attached hydrogens (tertiary/aromatic N) is 2. The molecule has 0 bridgehead atoms. The first-order valence-electron chi connectivity index (χ1n) is 7.94. The molecule has 9 heteroatoms. The molecule has 3 rings (SSSR count). The molecule has 0 radical (unpaired) electrons. The lowest BCUT2D eigenvalue weighted by Gasteiger charge is -2.27. The Labute approximate surface area is 155 Å². The minimum atomic E-state index is -3.04. The molecule has 1 saturated heterocycles. The Morgan fingerprint density at radius 1 is 1.44 bits per heavy atom. The summed E-state index contributed by atoms with van der Waals surface area (Å²) in [6.07, 6.45) is 0.676. The highest BCUT2D eigenvalue weighted by molar-refractivity contribution is 7.91. The van der Waals surface area contributed by atoms with Crippen LogP contribution in [-0.2, 0) is 25.8 Å². The molecule has 3 heterocycles. The number of carbonyl (C=O) groups is 1. The number of carbonyl (C=O) groups excluding carboxylic acids is 1.